The normalized spacial score (nSPS) is 19.4. The molecule has 0 saturated carbocycles. The summed E-state index contributed by atoms with van der Waals surface area (Å²) in [6.07, 6.45) is 2.89. The number of β-amino-alcohol motifs (C(OH)–C–C–N with tert-alkyl or cyclic N) is 1. The Labute approximate surface area is 133 Å². The van der Waals surface area contributed by atoms with Gasteiger partial charge in [-0.3, -0.25) is 4.99 Å². The molecule has 6 heteroatoms. The molecule has 1 fully saturated rings. The van der Waals surface area contributed by atoms with E-state index in [2.05, 4.69) is 29.1 Å². The topological polar surface area (TPSA) is 57.1 Å². The lowest BCUT2D eigenvalue weighted by molar-refractivity contribution is 0.138. The van der Waals surface area contributed by atoms with Crippen LogP contribution in [0.1, 0.15) is 33.1 Å². The lowest BCUT2D eigenvalue weighted by atomic mass is 10.3. The van der Waals surface area contributed by atoms with Crippen LogP contribution in [0.5, 0.6) is 0 Å². The molecule has 19 heavy (non-hydrogen) atoms. The fraction of sp³-hybridized carbons (Fsp3) is 0.923. The Morgan fingerprint density at radius 3 is 2.79 bits per heavy atom. The summed E-state index contributed by atoms with van der Waals surface area (Å²) in [5.74, 6) is 0.896. The Kier molecular flexibility index (Phi) is 11.7. The van der Waals surface area contributed by atoms with Gasteiger partial charge in [-0.15, -0.1) is 24.0 Å². The number of guanidine groups is 1. The third-order valence-corrected chi connectivity index (χ3v) is 2.94. The summed E-state index contributed by atoms with van der Waals surface area (Å²) in [4.78, 5) is 6.63. The number of nitrogens with one attached hydrogen (secondary N) is 1. The molecule has 0 bridgehead atoms. The second kappa shape index (κ2) is 11.7. The van der Waals surface area contributed by atoms with E-state index >= 15 is 0 Å². The SMILES string of the molecule is CCCCOCCN=C(NCC)N1CC[C@@H](O)C1.I. The van der Waals surface area contributed by atoms with Crippen LogP contribution >= 0.6 is 24.0 Å². The fourth-order valence-electron chi connectivity index (χ4n) is 1.92. The van der Waals surface area contributed by atoms with Gasteiger partial charge in [0.1, 0.15) is 0 Å². The van der Waals surface area contributed by atoms with Gasteiger partial charge in [-0.05, 0) is 19.8 Å². The number of aliphatic hydroxyl groups is 1. The fourth-order valence-corrected chi connectivity index (χ4v) is 1.92. The third kappa shape index (κ3) is 7.94. The van der Waals surface area contributed by atoms with Gasteiger partial charge < -0.3 is 20.1 Å². The Bertz CT molecular complexity index is 252. The summed E-state index contributed by atoms with van der Waals surface area (Å²) in [6, 6.07) is 0. The van der Waals surface area contributed by atoms with E-state index in [1.54, 1.807) is 0 Å². The zero-order valence-corrected chi connectivity index (χ0v) is 14.4. The van der Waals surface area contributed by atoms with Crippen LogP contribution in [0.3, 0.4) is 0 Å². The van der Waals surface area contributed by atoms with Gasteiger partial charge in [0.25, 0.3) is 0 Å². The van der Waals surface area contributed by atoms with Crippen LogP contribution in [0.4, 0.5) is 0 Å². The lowest BCUT2D eigenvalue weighted by Crippen LogP contribution is -2.40. The molecular weight excluding hydrogens is 357 g/mol. The van der Waals surface area contributed by atoms with Crippen molar-refractivity contribution in [3.8, 4) is 0 Å². The number of aliphatic hydroxyl groups excluding tert-OH is 1. The van der Waals surface area contributed by atoms with Crippen molar-refractivity contribution in [2.24, 2.45) is 4.99 Å². The van der Waals surface area contributed by atoms with E-state index in [9.17, 15) is 5.11 Å². The van der Waals surface area contributed by atoms with Crippen molar-refractivity contribution in [3.63, 3.8) is 0 Å². The predicted molar refractivity (Wildman–Crippen MR) is 89.3 cm³/mol. The predicted octanol–water partition coefficient (Wildman–Crippen LogP) is 1.45. The molecule has 0 aromatic carbocycles. The van der Waals surface area contributed by atoms with Crippen molar-refractivity contribution in [3.05, 3.63) is 0 Å². The van der Waals surface area contributed by atoms with E-state index in [-0.39, 0.29) is 30.1 Å². The van der Waals surface area contributed by atoms with Gasteiger partial charge >= 0.3 is 0 Å². The van der Waals surface area contributed by atoms with Crippen LogP contribution in [-0.4, -0.2) is 61.5 Å². The number of hydrogen-bond acceptors (Lipinski definition) is 3. The number of rotatable bonds is 7. The molecule has 1 saturated heterocycles. The molecule has 0 aromatic rings. The monoisotopic (exact) mass is 385 g/mol. The van der Waals surface area contributed by atoms with E-state index in [1.807, 2.05) is 0 Å². The molecule has 114 valence electrons. The first kappa shape index (κ1) is 18.9. The number of hydrogen-bond donors (Lipinski definition) is 2. The molecule has 1 aliphatic rings. The van der Waals surface area contributed by atoms with Crippen molar-refractivity contribution >= 4 is 29.9 Å². The van der Waals surface area contributed by atoms with E-state index in [4.69, 9.17) is 4.74 Å². The number of aliphatic imine (C=N–C) groups is 1. The van der Waals surface area contributed by atoms with Crippen LogP contribution in [-0.2, 0) is 4.74 Å². The van der Waals surface area contributed by atoms with Gasteiger partial charge in [0.05, 0.1) is 19.3 Å². The number of likely N-dealkylation sites (tertiary alicyclic amines) is 1. The molecule has 5 nitrogen and oxygen atoms in total. The van der Waals surface area contributed by atoms with Crippen molar-refractivity contribution in [2.75, 3.05) is 39.4 Å². The van der Waals surface area contributed by atoms with Gasteiger partial charge in [0, 0.05) is 26.2 Å². The maximum Gasteiger partial charge on any atom is 0.194 e. The quantitative estimate of drug-likeness (QED) is 0.302. The average molecular weight is 385 g/mol. The molecule has 1 aliphatic heterocycles. The highest BCUT2D eigenvalue weighted by Crippen LogP contribution is 2.08. The lowest BCUT2D eigenvalue weighted by Gasteiger charge is -2.20. The van der Waals surface area contributed by atoms with Crippen LogP contribution in [0.15, 0.2) is 4.99 Å². The summed E-state index contributed by atoms with van der Waals surface area (Å²) in [6.45, 7) is 8.80. The molecule has 0 amide bonds. The van der Waals surface area contributed by atoms with Gasteiger partial charge in [0.2, 0.25) is 0 Å². The standard InChI is InChI=1S/C13H27N3O2.HI/c1-3-5-9-18-10-7-15-13(14-4-2)16-8-6-12(17)11-16;/h12,17H,3-11H2,1-2H3,(H,14,15);1H/t12-;/m1./s1. The van der Waals surface area contributed by atoms with Crippen LogP contribution < -0.4 is 5.32 Å². The van der Waals surface area contributed by atoms with E-state index in [0.29, 0.717) is 19.7 Å². The maximum atomic E-state index is 9.54. The van der Waals surface area contributed by atoms with Crippen molar-refractivity contribution < 1.29 is 9.84 Å². The van der Waals surface area contributed by atoms with Gasteiger partial charge in [-0.1, -0.05) is 13.3 Å². The number of unbranched alkanes of at least 4 members (excludes halogenated alkanes) is 1. The highest BCUT2D eigenvalue weighted by atomic mass is 127. The first-order valence-electron chi connectivity index (χ1n) is 7.07. The van der Waals surface area contributed by atoms with Crippen molar-refractivity contribution in [1.29, 1.82) is 0 Å². The Morgan fingerprint density at radius 1 is 1.42 bits per heavy atom. The highest BCUT2D eigenvalue weighted by Gasteiger charge is 2.22. The molecule has 0 unspecified atom stereocenters. The largest absolute Gasteiger partial charge is 0.391 e. The Balaban J connectivity index is 0.00000324. The zero-order valence-electron chi connectivity index (χ0n) is 12.1. The summed E-state index contributed by atoms with van der Waals surface area (Å²) in [5, 5.41) is 12.8. The minimum absolute atomic E-state index is 0. The van der Waals surface area contributed by atoms with Gasteiger partial charge in [-0.25, -0.2) is 0 Å². The molecule has 1 rings (SSSR count). The minimum atomic E-state index is -0.213. The Hall–Kier alpha value is -0.0800. The molecule has 0 spiro atoms. The van der Waals surface area contributed by atoms with Crippen molar-refractivity contribution in [1.82, 2.24) is 10.2 Å². The smallest absolute Gasteiger partial charge is 0.194 e. The number of ether oxygens (including phenoxy) is 1. The zero-order chi connectivity index (χ0) is 13.2. The maximum absolute atomic E-state index is 9.54. The molecule has 1 heterocycles. The van der Waals surface area contributed by atoms with E-state index < -0.39 is 0 Å². The molecule has 0 radical (unpaired) electrons. The summed E-state index contributed by atoms with van der Waals surface area (Å²) in [7, 11) is 0. The van der Waals surface area contributed by atoms with Crippen LogP contribution in [0.25, 0.3) is 0 Å². The van der Waals surface area contributed by atoms with E-state index in [0.717, 1.165) is 44.9 Å². The first-order valence-corrected chi connectivity index (χ1v) is 7.07. The third-order valence-electron chi connectivity index (χ3n) is 2.94. The summed E-state index contributed by atoms with van der Waals surface area (Å²) >= 11 is 0. The van der Waals surface area contributed by atoms with Gasteiger partial charge in [0.15, 0.2) is 5.96 Å². The second-order valence-electron chi connectivity index (χ2n) is 4.59. The van der Waals surface area contributed by atoms with Gasteiger partial charge in [-0.2, -0.15) is 0 Å². The molecular formula is C13H28IN3O2. The van der Waals surface area contributed by atoms with Crippen LogP contribution in [0, 0.1) is 0 Å². The highest BCUT2D eigenvalue weighted by molar-refractivity contribution is 14.0. The molecule has 1 atom stereocenters. The minimum Gasteiger partial charge on any atom is -0.391 e. The summed E-state index contributed by atoms with van der Waals surface area (Å²) in [5.41, 5.74) is 0. The summed E-state index contributed by atoms with van der Waals surface area (Å²) < 4.78 is 5.48. The van der Waals surface area contributed by atoms with Crippen molar-refractivity contribution in [2.45, 2.75) is 39.2 Å². The first-order chi connectivity index (χ1) is 8.77. The molecule has 0 aliphatic carbocycles. The molecule has 2 N–H and O–H groups in total. The molecule has 0 aromatic heterocycles. The number of nitrogens with zero attached hydrogens (tertiary/aromatic N) is 2. The average Bonchev–Trinajstić information content (AvgIpc) is 2.79. The second-order valence-corrected chi connectivity index (χ2v) is 4.59. The Morgan fingerprint density at radius 2 is 2.21 bits per heavy atom. The van der Waals surface area contributed by atoms with Crippen LogP contribution in [0.2, 0.25) is 0 Å². The number of halogens is 1. The van der Waals surface area contributed by atoms with E-state index in [1.165, 1.54) is 0 Å².